The maximum atomic E-state index is 13.2. The minimum absolute atomic E-state index is 0.208. The second-order valence-corrected chi connectivity index (χ2v) is 4.47. The number of benzene rings is 1. The van der Waals surface area contributed by atoms with Gasteiger partial charge in [-0.3, -0.25) is 0 Å². The fourth-order valence-electron chi connectivity index (χ4n) is 2.11. The first-order valence-electron chi connectivity index (χ1n) is 5.80. The fraction of sp³-hybridized carbons (Fsp3) is 0.308. The first kappa shape index (κ1) is 10.5. The van der Waals surface area contributed by atoms with Gasteiger partial charge in [0.25, 0.3) is 0 Å². The summed E-state index contributed by atoms with van der Waals surface area (Å²) in [5, 5.41) is 3.25. The summed E-state index contributed by atoms with van der Waals surface area (Å²) in [5.74, 6) is 0.456. The van der Waals surface area contributed by atoms with Crippen molar-refractivity contribution in [1.29, 1.82) is 0 Å². The summed E-state index contributed by atoms with van der Waals surface area (Å²) in [4.78, 5) is 4.16. The molecule has 3 rings (SSSR count). The number of nitrogens with one attached hydrogen (secondary N) is 1. The van der Waals surface area contributed by atoms with Crippen LogP contribution in [0.15, 0.2) is 36.8 Å². The largest absolute Gasteiger partial charge is 0.330 e. The summed E-state index contributed by atoms with van der Waals surface area (Å²) >= 11 is 0. The van der Waals surface area contributed by atoms with Crippen LogP contribution in [0.3, 0.4) is 0 Å². The van der Waals surface area contributed by atoms with E-state index < -0.39 is 0 Å². The summed E-state index contributed by atoms with van der Waals surface area (Å²) in [5.41, 5.74) is 1.87. The van der Waals surface area contributed by atoms with Crippen molar-refractivity contribution in [2.75, 3.05) is 13.1 Å². The van der Waals surface area contributed by atoms with E-state index in [4.69, 9.17) is 0 Å². The van der Waals surface area contributed by atoms with Crippen molar-refractivity contribution >= 4 is 0 Å². The van der Waals surface area contributed by atoms with Gasteiger partial charge >= 0.3 is 0 Å². The monoisotopic (exact) mass is 231 g/mol. The molecule has 1 saturated heterocycles. The Bertz CT molecular complexity index is 517. The lowest BCUT2D eigenvalue weighted by molar-refractivity contribution is 0.308. The van der Waals surface area contributed by atoms with Crippen LogP contribution in [0.25, 0.3) is 11.3 Å². The first-order chi connectivity index (χ1) is 8.33. The van der Waals surface area contributed by atoms with Gasteiger partial charge in [0.05, 0.1) is 18.2 Å². The quantitative estimate of drug-likeness (QED) is 0.874. The highest BCUT2D eigenvalue weighted by atomic mass is 19.1. The van der Waals surface area contributed by atoms with Crippen LogP contribution in [0, 0.1) is 11.7 Å². The van der Waals surface area contributed by atoms with Crippen molar-refractivity contribution in [3.63, 3.8) is 0 Å². The summed E-state index contributed by atoms with van der Waals surface area (Å²) < 4.78 is 15.3. The van der Waals surface area contributed by atoms with E-state index in [1.165, 1.54) is 6.07 Å². The zero-order chi connectivity index (χ0) is 11.7. The lowest BCUT2D eigenvalue weighted by Gasteiger charge is -2.27. The number of rotatable bonds is 3. The third-order valence-electron chi connectivity index (χ3n) is 3.15. The molecular weight excluding hydrogens is 217 g/mol. The Kier molecular flexibility index (Phi) is 2.65. The van der Waals surface area contributed by atoms with Crippen LogP contribution in [-0.2, 0) is 6.54 Å². The Morgan fingerprint density at radius 3 is 3.00 bits per heavy atom. The summed E-state index contributed by atoms with van der Waals surface area (Å²) in [6.45, 7) is 3.06. The number of hydrogen-bond acceptors (Lipinski definition) is 2. The maximum Gasteiger partial charge on any atom is 0.123 e. The number of imidazole rings is 1. The molecule has 1 aromatic heterocycles. The average molecular weight is 231 g/mol. The molecule has 1 aliphatic heterocycles. The van der Waals surface area contributed by atoms with Gasteiger partial charge < -0.3 is 9.88 Å². The highest BCUT2D eigenvalue weighted by molar-refractivity contribution is 5.58. The van der Waals surface area contributed by atoms with Crippen molar-refractivity contribution in [3.05, 3.63) is 42.6 Å². The van der Waals surface area contributed by atoms with E-state index in [9.17, 15) is 4.39 Å². The molecule has 2 heterocycles. The standard InChI is InChI=1S/C13H14FN3/c14-12-3-1-2-11(4-12)13-7-16-9-17(13)8-10-5-15-6-10/h1-4,7,9-10,15H,5-6,8H2. The minimum atomic E-state index is -0.208. The van der Waals surface area contributed by atoms with Crippen molar-refractivity contribution in [1.82, 2.24) is 14.9 Å². The van der Waals surface area contributed by atoms with Crippen LogP contribution < -0.4 is 5.32 Å². The molecule has 0 bridgehead atoms. The lowest BCUT2D eigenvalue weighted by Crippen LogP contribution is -2.44. The van der Waals surface area contributed by atoms with Gasteiger partial charge in [-0.25, -0.2) is 9.37 Å². The van der Waals surface area contributed by atoms with Crippen molar-refractivity contribution in [3.8, 4) is 11.3 Å². The smallest absolute Gasteiger partial charge is 0.123 e. The van der Waals surface area contributed by atoms with Crippen LogP contribution in [0.4, 0.5) is 4.39 Å². The average Bonchev–Trinajstić information content (AvgIpc) is 2.71. The number of hydrogen-bond donors (Lipinski definition) is 1. The van der Waals surface area contributed by atoms with E-state index in [1.807, 2.05) is 12.4 Å². The van der Waals surface area contributed by atoms with Gasteiger partial charge in [0.15, 0.2) is 0 Å². The normalized spacial score (nSPS) is 15.8. The molecule has 1 N–H and O–H groups in total. The van der Waals surface area contributed by atoms with Crippen LogP contribution >= 0.6 is 0 Å². The zero-order valence-electron chi connectivity index (χ0n) is 9.44. The van der Waals surface area contributed by atoms with Gasteiger partial charge in [-0.2, -0.15) is 0 Å². The molecule has 0 spiro atoms. The molecule has 1 aromatic carbocycles. The predicted molar refractivity (Wildman–Crippen MR) is 64.0 cm³/mol. The van der Waals surface area contributed by atoms with E-state index in [-0.39, 0.29) is 5.82 Å². The molecule has 1 aliphatic rings. The highest BCUT2D eigenvalue weighted by Crippen LogP contribution is 2.21. The highest BCUT2D eigenvalue weighted by Gasteiger charge is 2.18. The van der Waals surface area contributed by atoms with E-state index in [1.54, 1.807) is 18.3 Å². The Morgan fingerprint density at radius 1 is 1.41 bits per heavy atom. The molecule has 1 fully saturated rings. The minimum Gasteiger partial charge on any atom is -0.330 e. The molecule has 4 heteroatoms. The molecule has 2 aromatic rings. The van der Waals surface area contributed by atoms with Crippen LogP contribution in [-0.4, -0.2) is 22.6 Å². The van der Waals surface area contributed by atoms with E-state index >= 15 is 0 Å². The summed E-state index contributed by atoms with van der Waals surface area (Å²) in [6, 6.07) is 6.65. The molecule has 0 saturated carbocycles. The van der Waals surface area contributed by atoms with Crippen LogP contribution in [0.2, 0.25) is 0 Å². The topological polar surface area (TPSA) is 29.9 Å². The Hall–Kier alpha value is -1.68. The number of aromatic nitrogens is 2. The van der Waals surface area contributed by atoms with Crippen LogP contribution in [0.5, 0.6) is 0 Å². The third kappa shape index (κ3) is 2.08. The second-order valence-electron chi connectivity index (χ2n) is 4.47. The van der Waals surface area contributed by atoms with Crippen molar-refractivity contribution < 1.29 is 4.39 Å². The summed E-state index contributed by atoms with van der Waals surface area (Å²) in [7, 11) is 0. The summed E-state index contributed by atoms with van der Waals surface area (Å²) in [6.07, 6.45) is 3.61. The Balaban J connectivity index is 1.89. The van der Waals surface area contributed by atoms with E-state index in [0.717, 1.165) is 30.9 Å². The van der Waals surface area contributed by atoms with E-state index in [2.05, 4.69) is 14.9 Å². The molecule has 0 radical (unpaired) electrons. The Labute approximate surface area is 99.3 Å². The molecule has 0 amide bonds. The van der Waals surface area contributed by atoms with Gasteiger partial charge in [-0.1, -0.05) is 12.1 Å². The van der Waals surface area contributed by atoms with E-state index in [0.29, 0.717) is 5.92 Å². The molecular formula is C13H14FN3. The lowest BCUT2D eigenvalue weighted by atomic mass is 10.0. The molecule has 88 valence electrons. The van der Waals surface area contributed by atoms with Gasteiger partial charge in [-0.05, 0) is 12.1 Å². The SMILES string of the molecule is Fc1cccc(-c2cncn2CC2CNC2)c1. The number of halogens is 1. The molecule has 0 atom stereocenters. The van der Waals surface area contributed by atoms with Crippen LogP contribution in [0.1, 0.15) is 0 Å². The second kappa shape index (κ2) is 4.30. The van der Waals surface area contributed by atoms with Gasteiger partial charge in [0.1, 0.15) is 5.82 Å². The molecule has 0 aliphatic carbocycles. The van der Waals surface area contributed by atoms with Crippen molar-refractivity contribution in [2.24, 2.45) is 5.92 Å². The molecule has 3 nitrogen and oxygen atoms in total. The third-order valence-corrected chi connectivity index (χ3v) is 3.15. The Morgan fingerprint density at radius 2 is 2.29 bits per heavy atom. The molecule has 17 heavy (non-hydrogen) atoms. The number of nitrogens with zero attached hydrogens (tertiary/aromatic N) is 2. The van der Waals surface area contributed by atoms with Crippen molar-refractivity contribution in [2.45, 2.75) is 6.54 Å². The zero-order valence-corrected chi connectivity index (χ0v) is 9.44. The van der Waals surface area contributed by atoms with Gasteiger partial charge in [-0.15, -0.1) is 0 Å². The first-order valence-corrected chi connectivity index (χ1v) is 5.80. The molecule has 0 unspecified atom stereocenters. The fourth-order valence-corrected chi connectivity index (χ4v) is 2.11. The van der Waals surface area contributed by atoms with Gasteiger partial charge in [0, 0.05) is 31.1 Å². The van der Waals surface area contributed by atoms with Gasteiger partial charge in [0.2, 0.25) is 0 Å². The maximum absolute atomic E-state index is 13.2. The predicted octanol–water partition coefficient (Wildman–Crippen LogP) is 1.91.